The number of carbonyl (C=O) groups excluding carboxylic acids is 1. The predicted molar refractivity (Wildman–Crippen MR) is 112 cm³/mol. The molecular weight excluding hydrogens is 396 g/mol. The minimum atomic E-state index is -0.316. The number of hydrogen-bond donors (Lipinski definition) is 1. The molecule has 1 fully saturated rings. The molecule has 0 spiro atoms. The average molecular weight is 423 g/mol. The van der Waals surface area contributed by atoms with Gasteiger partial charge in [-0.2, -0.15) is 0 Å². The molecule has 0 radical (unpaired) electrons. The zero-order valence-electron chi connectivity index (χ0n) is 16.5. The largest absolute Gasteiger partial charge is 0.481 e. The summed E-state index contributed by atoms with van der Waals surface area (Å²) in [5, 5.41) is 12.9. The van der Waals surface area contributed by atoms with Gasteiger partial charge in [-0.25, -0.2) is 0 Å². The van der Waals surface area contributed by atoms with E-state index in [1.165, 1.54) is 31.0 Å². The molecule has 0 aliphatic heterocycles. The van der Waals surface area contributed by atoms with E-state index < -0.39 is 0 Å². The van der Waals surface area contributed by atoms with Crippen molar-refractivity contribution in [2.24, 2.45) is 13.0 Å². The van der Waals surface area contributed by atoms with Gasteiger partial charge in [0.25, 0.3) is 0 Å². The van der Waals surface area contributed by atoms with E-state index in [0.717, 1.165) is 6.42 Å². The van der Waals surface area contributed by atoms with Crippen LogP contribution in [-0.4, -0.2) is 32.5 Å². The van der Waals surface area contributed by atoms with Gasteiger partial charge in [0.15, 0.2) is 17.1 Å². The summed E-state index contributed by atoms with van der Waals surface area (Å²) in [5.74, 6) is 2.22. The minimum absolute atomic E-state index is 0.0497. The highest BCUT2D eigenvalue weighted by atomic mass is 35.5. The number of thioether (sulfide) groups is 1. The highest BCUT2D eigenvalue weighted by Gasteiger charge is 2.23. The number of nitrogens with zero attached hydrogens (tertiary/aromatic N) is 3. The Morgan fingerprint density at radius 3 is 2.86 bits per heavy atom. The Hall–Kier alpha value is -1.73. The first-order valence-corrected chi connectivity index (χ1v) is 11.0. The van der Waals surface area contributed by atoms with Crippen LogP contribution in [0, 0.1) is 5.92 Å². The number of rotatable bonds is 7. The van der Waals surface area contributed by atoms with Crippen LogP contribution in [0.25, 0.3) is 0 Å². The van der Waals surface area contributed by atoms with Crippen LogP contribution in [0.3, 0.4) is 0 Å². The van der Waals surface area contributed by atoms with Crippen molar-refractivity contribution in [3.8, 4) is 5.75 Å². The number of amides is 1. The normalized spacial score (nSPS) is 20.6. The molecule has 0 bridgehead atoms. The van der Waals surface area contributed by atoms with Gasteiger partial charge in [-0.1, -0.05) is 55.3 Å². The van der Waals surface area contributed by atoms with Gasteiger partial charge in [-0.05, 0) is 37.8 Å². The van der Waals surface area contributed by atoms with Crippen molar-refractivity contribution >= 4 is 29.3 Å². The van der Waals surface area contributed by atoms with E-state index in [1.807, 2.05) is 36.7 Å². The Morgan fingerprint density at radius 2 is 2.11 bits per heavy atom. The summed E-state index contributed by atoms with van der Waals surface area (Å²) < 4.78 is 7.78. The van der Waals surface area contributed by atoms with Gasteiger partial charge in [0.2, 0.25) is 5.91 Å². The summed E-state index contributed by atoms with van der Waals surface area (Å²) in [6.07, 6.45) is 4.40. The monoisotopic (exact) mass is 422 g/mol. The Labute approximate surface area is 175 Å². The second kappa shape index (κ2) is 9.65. The molecule has 1 N–H and O–H groups in total. The molecule has 152 valence electrons. The molecule has 0 saturated heterocycles. The van der Waals surface area contributed by atoms with Gasteiger partial charge in [-0.15, -0.1) is 10.2 Å². The molecule has 1 aromatic carbocycles. The van der Waals surface area contributed by atoms with Crippen LogP contribution in [-0.2, 0) is 11.8 Å². The molecule has 3 atom stereocenters. The fraction of sp³-hybridized carbons (Fsp3) is 0.550. The first-order chi connectivity index (χ1) is 13.5. The lowest BCUT2D eigenvalue weighted by Crippen LogP contribution is -2.41. The quantitative estimate of drug-likeness (QED) is 0.670. The van der Waals surface area contributed by atoms with Gasteiger partial charge < -0.3 is 14.6 Å². The summed E-state index contributed by atoms with van der Waals surface area (Å²) in [6, 6.07) is 7.63. The number of nitrogens with one attached hydrogen (secondary N) is 1. The second-order valence-corrected chi connectivity index (χ2v) is 8.66. The van der Waals surface area contributed by atoms with Gasteiger partial charge in [0, 0.05) is 13.1 Å². The van der Waals surface area contributed by atoms with Crippen LogP contribution >= 0.6 is 23.4 Å². The molecule has 3 rings (SSSR count). The fourth-order valence-corrected chi connectivity index (χ4v) is 4.41. The van der Waals surface area contributed by atoms with E-state index in [4.69, 9.17) is 16.3 Å². The van der Waals surface area contributed by atoms with Crippen molar-refractivity contribution in [2.45, 2.75) is 56.8 Å². The lowest BCUT2D eigenvalue weighted by atomic mass is 9.86. The Bertz CT molecular complexity index is 813. The maximum absolute atomic E-state index is 12.3. The summed E-state index contributed by atoms with van der Waals surface area (Å²) in [7, 11) is 1.88. The number of hydrogen-bond acceptors (Lipinski definition) is 5. The predicted octanol–water partition coefficient (Wildman–Crippen LogP) is 4.40. The maximum atomic E-state index is 12.3. The fourth-order valence-electron chi connectivity index (χ4n) is 3.50. The summed E-state index contributed by atoms with van der Waals surface area (Å²) in [4.78, 5) is 12.3. The van der Waals surface area contributed by atoms with Crippen molar-refractivity contribution < 1.29 is 9.53 Å². The second-order valence-electron chi connectivity index (χ2n) is 7.31. The van der Waals surface area contributed by atoms with Crippen LogP contribution in [0.5, 0.6) is 5.75 Å². The van der Waals surface area contributed by atoms with Gasteiger partial charge in [0.1, 0.15) is 5.75 Å². The molecule has 8 heteroatoms. The van der Waals surface area contributed by atoms with Gasteiger partial charge >= 0.3 is 0 Å². The molecule has 0 unspecified atom stereocenters. The number of benzene rings is 1. The number of carbonyl (C=O) groups is 1. The zero-order valence-corrected chi connectivity index (χ0v) is 18.1. The van der Waals surface area contributed by atoms with E-state index in [2.05, 4.69) is 22.4 Å². The molecule has 28 heavy (non-hydrogen) atoms. The Morgan fingerprint density at radius 1 is 1.36 bits per heavy atom. The smallest absolute Gasteiger partial charge is 0.230 e. The van der Waals surface area contributed by atoms with E-state index in [0.29, 0.717) is 39.5 Å². The van der Waals surface area contributed by atoms with Crippen molar-refractivity contribution in [2.75, 3.05) is 5.75 Å². The zero-order chi connectivity index (χ0) is 20.1. The minimum Gasteiger partial charge on any atom is -0.481 e. The van der Waals surface area contributed by atoms with E-state index in [1.54, 1.807) is 6.07 Å². The summed E-state index contributed by atoms with van der Waals surface area (Å²) in [6.45, 7) is 4.12. The third-order valence-electron chi connectivity index (χ3n) is 5.16. The van der Waals surface area contributed by atoms with Crippen molar-refractivity contribution in [3.05, 3.63) is 35.1 Å². The lowest BCUT2D eigenvalue weighted by Gasteiger charge is -2.29. The standard InChI is InChI=1S/C20H27ClN4O2S/c1-13-8-4-6-10-16(13)22-18(26)12-28-20-24-23-19(25(20)3)14(2)27-17-11-7-5-9-15(17)21/h5,7,9,11,13-14,16H,4,6,8,10,12H2,1-3H3,(H,22,26)/t13-,14-,16-/m0/s1. The number of aromatic nitrogens is 3. The van der Waals surface area contributed by atoms with Crippen LogP contribution in [0.2, 0.25) is 5.02 Å². The average Bonchev–Trinajstić information content (AvgIpc) is 3.04. The van der Waals surface area contributed by atoms with Crippen LogP contribution < -0.4 is 10.1 Å². The molecule has 2 aromatic rings. The van der Waals surface area contributed by atoms with Crippen molar-refractivity contribution in [1.29, 1.82) is 0 Å². The SMILES string of the molecule is C[C@H](Oc1ccccc1Cl)c1nnc(SCC(=O)N[C@H]2CCCC[C@@H]2C)n1C. The van der Waals surface area contributed by atoms with Crippen molar-refractivity contribution in [1.82, 2.24) is 20.1 Å². The number of ether oxygens (including phenoxy) is 1. The first-order valence-electron chi connectivity index (χ1n) is 9.68. The molecular formula is C20H27ClN4O2S. The molecule has 1 heterocycles. The number of para-hydroxylation sites is 1. The molecule has 1 amide bonds. The Balaban J connectivity index is 1.55. The topological polar surface area (TPSA) is 69.0 Å². The summed E-state index contributed by atoms with van der Waals surface area (Å²) in [5.41, 5.74) is 0. The summed E-state index contributed by atoms with van der Waals surface area (Å²) >= 11 is 7.55. The van der Waals surface area contributed by atoms with E-state index >= 15 is 0 Å². The van der Waals surface area contributed by atoms with Gasteiger partial charge in [-0.3, -0.25) is 4.79 Å². The number of halogens is 1. The highest BCUT2D eigenvalue weighted by molar-refractivity contribution is 7.99. The Kier molecular flexibility index (Phi) is 7.24. The van der Waals surface area contributed by atoms with E-state index in [9.17, 15) is 4.79 Å². The maximum Gasteiger partial charge on any atom is 0.230 e. The van der Waals surface area contributed by atoms with E-state index in [-0.39, 0.29) is 12.0 Å². The highest BCUT2D eigenvalue weighted by Crippen LogP contribution is 2.29. The van der Waals surface area contributed by atoms with Crippen LogP contribution in [0.1, 0.15) is 51.5 Å². The molecule has 1 aliphatic rings. The van der Waals surface area contributed by atoms with Crippen LogP contribution in [0.4, 0.5) is 0 Å². The van der Waals surface area contributed by atoms with Gasteiger partial charge in [0.05, 0.1) is 10.8 Å². The molecule has 1 aliphatic carbocycles. The lowest BCUT2D eigenvalue weighted by molar-refractivity contribution is -0.119. The first kappa shape index (κ1) is 21.0. The molecule has 1 saturated carbocycles. The third-order valence-corrected chi connectivity index (χ3v) is 6.50. The third kappa shape index (κ3) is 5.20. The molecule has 1 aromatic heterocycles. The van der Waals surface area contributed by atoms with Crippen molar-refractivity contribution in [3.63, 3.8) is 0 Å². The van der Waals surface area contributed by atoms with Crippen LogP contribution in [0.15, 0.2) is 29.4 Å². The molecule has 6 nitrogen and oxygen atoms in total.